The highest BCUT2D eigenvalue weighted by Gasteiger charge is 2.42. The number of aryl methyl sites for hydroxylation is 1. The van der Waals surface area contributed by atoms with Crippen LogP contribution in [-0.2, 0) is 11.2 Å². The number of ether oxygens (including phenoxy) is 1. The number of benzene rings is 3. The van der Waals surface area contributed by atoms with Gasteiger partial charge in [0.15, 0.2) is 0 Å². The van der Waals surface area contributed by atoms with Gasteiger partial charge in [0.25, 0.3) is 0 Å². The molecule has 2 heterocycles. The smallest absolute Gasteiger partial charge is 0.108 e. The van der Waals surface area contributed by atoms with E-state index >= 15 is 0 Å². The third-order valence-electron chi connectivity index (χ3n) is 7.09. The van der Waals surface area contributed by atoms with Crippen LogP contribution in [0.4, 0.5) is 0 Å². The van der Waals surface area contributed by atoms with Crippen LogP contribution in [0.25, 0.3) is 0 Å². The Kier molecular flexibility index (Phi) is 6.98. The summed E-state index contributed by atoms with van der Waals surface area (Å²) in [5.41, 5.74) is 3.92. The summed E-state index contributed by atoms with van der Waals surface area (Å²) in [4.78, 5) is 5.38. The minimum Gasteiger partial charge on any atom is -0.367 e. The van der Waals surface area contributed by atoms with E-state index in [1.165, 1.54) is 55.6 Å². The zero-order valence-corrected chi connectivity index (χ0v) is 18.9. The van der Waals surface area contributed by atoms with E-state index in [-0.39, 0.29) is 6.10 Å². The number of hydrogen-bond donors (Lipinski definition) is 0. The lowest BCUT2D eigenvalue weighted by Crippen LogP contribution is -2.47. The Balaban J connectivity index is 1.09. The predicted octanol–water partition coefficient (Wildman–Crippen LogP) is 5.18. The third kappa shape index (κ3) is 5.12. The van der Waals surface area contributed by atoms with Gasteiger partial charge in [0.2, 0.25) is 0 Å². The highest BCUT2D eigenvalue weighted by atomic mass is 16.5. The quantitative estimate of drug-likeness (QED) is 0.444. The van der Waals surface area contributed by atoms with Crippen LogP contribution in [0.5, 0.6) is 0 Å². The van der Waals surface area contributed by atoms with Crippen LogP contribution in [0.2, 0.25) is 0 Å². The van der Waals surface area contributed by atoms with E-state index in [4.69, 9.17) is 4.74 Å². The van der Waals surface area contributed by atoms with Crippen molar-refractivity contribution in [2.45, 2.75) is 37.5 Å². The van der Waals surface area contributed by atoms with Crippen LogP contribution >= 0.6 is 0 Å². The number of hydrogen-bond acceptors (Lipinski definition) is 3. The summed E-state index contributed by atoms with van der Waals surface area (Å²) in [5, 5.41) is 0. The molecule has 2 saturated heterocycles. The molecule has 0 amide bonds. The molecule has 0 aromatic heterocycles. The number of likely N-dealkylation sites (tertiary alicyclic amines) is 2. The molecule has 2 aliphatic heterocycles. The van der Waals surface area contributed by atoms with Crippen molar-refractivity contribution in [1.29, 1.82) is 0 Å². The summed E-state index contributed by atoms with van der Waals surface area (Å²) < 4.78 is 6.47. The van der Waals surface area contributed by atoms with Crippen LogP contribution in [-0.4, -0.2) is 54.7 Å². The summed E-state index contributed by atoms with van der Waals surface area (Å²) in [5.74, 6) is 0. The minimum atomic E-state index is 0.00618. The van der Waals surface area contributed by atoms with Gasteiger partial charge in [0, 0.05) is 31.7 Å². The van der Waals surface area contributed by atoms with Crippen molar-refractivity contribution in [2.24, 2.45) is 0 Å². The molecule has 2 aliphatic rings. The highest BCUT2D eigenvalue weighted by molar-refractivity contribution is 5.29. The Morgan fingerprint density at radius 3 is 1.78 bits per heavy atom. The molecule has 2 fully saturated rings. The largest absolute Gasteiger partial charge is 0.367 e. The molecule has 5 rings (SSSR count). The molecule has 3 heteroatoms. The molecule has 2 atom stereocenters. The molecule has 32 heavy (non-hydrogen) atoms. The van der Waals surface area contributed by atoms with E-state index in [2.05, 4.69) is 101 Å². The standard InChI is InChI=1S/C29H34N2O/c1-4-11-24(12-5-1)13-10-18-30-22-28-21-27(30)23-31(28)19-20-32-29(25-14-6-2-7-15-25)26-16-8-3-9-17-26/h1-9,11-12,14-17,27-29H,10,13,18-23H2. The number of piperazine rings is 1. The number of nitrogens with zero attached hydrogens (tertiary/aromatic N) is 2. The first kappa shape index (κ1) is 21.4. The van der Waals surface area contributed by atoms with Crippen molar-refractivity contribution in [3.63, 3.8) is 0 Å². The second-order valence-electron chi connectivity index (χ2n) is 9.19. The Hall–Kier alpha value is -2.46. The van der Waals surface area contributed by atoms with Gasteiger partial charge in [-0.25, -0.2) is 0 Å². The van der Waals surface area contributed by atoms with Crippen molar-refractivity contribution in [2.75, 3.05) is 32.8 Å². The molecule has 2 unspecified atom stereocenters. The average molecular weight is 427 g/mol. The van der Waals surface area contributed by atoms with Gasteiger partial charge in [-0.15, -0.1) is 0 Å². The lowest BCUT2D eigenvalue weighted by atomic mass is 10.0. The first-order chi connectivity index (χ1) is 15.9. The average Bonchev–Trinajstić information content (AvgIpc) is 3.44. The fourth-order valence-electron chi connectivity index (χ4n) is 5.44. The molecule has 0 aliphatic carbocycles. The number of fused-ring (bicyclic) bond motifs is 2. The zero-order chi connectivity index (χ0) is 21.6. The molecule has 2 bridgehead atoms. The molecule has 0 saturated carbocycles. The van der Waals surface area contributed by atoms with E-state index in [1.54, 1.807) is 0 Å². The maximum Gasteiger partial charge on any atom is 0.108 e. The first-order valence-electron chi connectivity index (χ1n) is 12.1. The lowest BCUT2D eigenvalue weighted by molar-refractivity contribution is 0.0433. The molecule has 3 aromatic carbocycles. The fraction of sp³-hybridized carbons (Fsp3) is 0.379. The van der Waals surface area contributed by atoms with Gasteiger partial charge in [-0.3, -0.25) is 9.80 Å². The summed E-state index contributed by atoms with van der Waals surface area (Å²) in [6, 6.07) is 33.5. The maximum atomic E-state index is 6.47. The van der Waals surface area contributed by atoms with Crippen LogP contribution < -0.4 is 0 Å². The molecular weight excluding hydrogens is 392 g/mol. The van der Waals surface area contributed by atoms with E-state index in [0.29, 0.717) is 6.04 Å². The number of rotatable bonds is 10. The van der Waals surface area contributed by atoms with E-state index < -0.39 is 0 Å². The molecule has 166 valence electrons. The Labute approximate surface area is 192 Å². The summed E-state index contributed by atoms with van der Waals surface area (Å²) >= 11 is 0. The van der Waals surface area contributed by atoms with Crippen LogP contribution in [0.1, 0.15) is 35.6 Å². The van der Waals surface area contributed by atoms with Crippen LogP contribution in [0.3, 0.4) is 0 Å². The monoisotopic (exact) mass is 426 g/mol. The second-order valence-corrected chi connectivity index (χ2v) is 9.19. The van der Waals surface area contributed by atoms with E-state index in [1.807, 2.05) is 0 Å². The summed E-state index contributed by atoms with van der Waals surface area (Å²) in [6.07, 6.45) is 3.77. The van der Waals surface area contributed by atoms with Crippen molar-refractivity contribution in [3.8, 4) is 0 Å². The minimum absolute atomic E-state index is 0.00618. The summed E-state index contributed by atoms with van der Waals surface area (Å²) in [6.45, 7) is 5.44. The lowest BCUT2D eigenvalue weighted by Gasteiger charge is -2.34. The van der Waals surface area contributed by atoms with E-state index in [0.717, 1.165) is 19.2 Å². The maximum absolute atomic E-state index is 6.47. The molecule has 0 radical (unpaired) electrons. The van der Waals surface area contributed by atoms with Crippen molar-refractivity contribution in [3.05, 3.63) is 108 Å². The summed E-state index contributed by atoms with van der Waals surface area (Å²) in [7, 11) is 0. The molecule has 3 nitrogen and oxygen atoms in total. The van der Waals surface area contributed by atoms with Crippen LogP contribution in [0.15, 0.2) is 91.0 Å². The predicted molar refractivity (Wildman–Crippen MR) is 131 cm³/mol. The van der Waals surface area contributed by atoms with E-state index in [9.17, 15) is 0 Å². The van der Waals surface area contributed by atoms with Gasteiger partial charge < -0.3 is 4.74 Å². The fourth-order valence-corrected chi connectivity index (χ4v) is 5.44. The van der Waals surface area contributed by atoms with Crippen molar-refractivity contribution in [1.82, 2.24) is 9.80 Å². The SMILES string of the molecule is c1ccc(CCCN2CC3CC2CN3CCOC(c2ccccc2)c2ccccc2)cc1. The molecule has 0 spiro atoms. The normalized spacial score (nSPS) is 20.9. The van der Waals surface area contributed by atoms with Crippen LogP contribution in [0, 0.1) is 0 Å². The Bertz CT molecular complexity index is 907. The third-order valence-corrected chi connectivity index (χ3v) is 7.09. The first-order valence-corrected chi connectivity index (χ1v) is 12.1. The highest BCUT2D eigenvalue weighted by Crippen LogP contribution is 2.31. The van der Waals surface area contributed by atoms with Crippen molar-refractivity contribution < 1.29 is 4.74 Å². The van der Waals surface area contributed by atoms with Gasteiger partial charge in [0.1, 0.15) is 6.10 Å². The molecule has 3 aromatic rings. The zero-order valence-electron chi connectivity index (χ0n) is 18.9. The Morgan fingerprint density at radius 2 is 1.22 bits per heavy atom. The molecule has 0 N–H and O–H groups in total. The van der Waals surface area contributed by atoms with Gasteiger partial charge in [0.05, 0.1) is 6.61 Å². The topological polar surface area (TPSA) is 15.7 Å². The van der Waals surface area contributed by atoms with Gasteiger partial charge in [-0.1, -0.05) is 91.0 Å². The van der Waals surface area contributed by atoms with Gasteiger partial charge in [-0.05, 0) is 42.5 Å². The molecular formula is C29H34N2O. The second kappa shape index (κ2) is 10.4. The van der Waals surface area contributed by atoms with Gasteiger partial charge >= 0.3 is 0 Å². The van der Waals surface area contributed by atoms with Crippen molar-refractivity contribution >= 4 is 0 Å². The van der Waals surface area contributed by atoms with Gasteiger partial charge in [-0.2, -0.15) is 0 Å². The Morgan fingerprint density at radius 1 is 0.688 bits per heavy atom.